The first-order valence-corrected chi connectivity index (χ1v) is 10.1. The Bertz CT molecular complexity index is 647. The van der Waals surface area contributed by atoms with E-state index in [0.717, 1.165) is 50.8 Å². The van der Waals surface area contributed by atoms with Gasteiger partial charge in [0.05, 0.1) is 11.8 Å². The largest absolute Gasteiger partial charge is 0.393 e. The summed E-state index contributed by atoms with van der Waals surface area (Å²) in [5.41, 5.74) is 1.67. The molecule has 2 fully saturated rings. The highest BCUT2D eigenvalue weighted by atomic mass is 16.3. The number of aromatic amines is 1. The molecule has 1 atom stereocenters. The second-order valence-corrected chi connectivity index (χ2v) is 8.38. The Morgan fingerprint density at radius 3 is 2.19 bits per heavy atom. The molecule has 2 heterocycles. The molecule has 1 aliphatic heterocycles. The van der Waals surface area contributed by atoms with Gasteiger partial charge in [-0.05, 0) is 56.6 Å². The number of tetrazole rings is 1. The summed E-state index contributed by atoms with van der Waals surface area (Å²) in [5.74, 6) is 0.875. The van der Waals surface area contributed by atoms with Gasteiger partial charge in [0.2, 0.25) is 0 Å². The molecule has 142 valence electrons. The molecule has 2 N–H and O–H groups in total. The summed E-state index contributed by atoms with van der Waals surface area (Å²) in [6, 6.07) is 0. The lowest BCUT2D eigenvalue weighted by atomic mass is 9.92. The van der Waals surface area contributed by atoms with Gasteiger partial charge in [0.1, 0.15) is 6.54 Å². The van der Waals surface area contributed by atoms with Crippen LogP contribution in [0.15, 0.2) is 15.4 Å². The van der Waals surface area contributed by atoms with Crippen molar-refractivity contribution in [2.24, 2.45) is 20.9 Å². The Labute approximate surface area is 153 Å². The van der Waals surface area contributed by atoms with Crippen molar-refractivity contribution >= 4 is 5.71 Å². The van der Waals surface area contributed by atoms with Gasteiger partial charge >= 0.3 is 0 Å². The minimum absolute atomic E-state index is 0.167. The lowest BCUT2D eigenvalue weighted by molar-refractivity contribution is 0.146. The SMILES string of the molecule is OC(CCCCC1(C2=NN=NC2)CC1)CCCCC1(c2nn[nH]n2)CC1. The molecule has 4 rings (SSSR count). The first-order valence-electron chi connectivity index (χ1n) is 10.1. The minimum atomic E-state index is -0.167. The van der Waals surface area contributed by atoms with Crippen LogP contribution in [-0.4, -0.2) is 44.1 Å². The zero-order valence-electron chi connectivity index (χ0n) is 15.4. The third-order valence-electron chi connectivity index (χ3n) is 6.47. The van der Waals surface area contributed by atoms with Gasteiger partial charge in [0.15, 0.2) is 5.82 Å². The summed E-state index contributed by atoms with van der Waals surface area (Å²) >= 11 is 0. The first-order chi connectivity index (χ1) is 12.7. The second kappa shape index (κ2) is 7.50. The number of rotatable bonds is 12. The number of H-pyrrole nitrogens is 1. The van der Waals surface area contributed by atoms with Crippen molar-refractivity contribution in [2.45, 2.75) is 88.6 Å². The predicted molar refractivity (Wildman–Crippen MR) is 96.9 cm³/mol. The highest BCUT2D eigenvalue weighted by Gasteiger charge is 2.48. The molecule has 0 aromatic carbocycles. The van der Waals surface area contributed by atoms with Gasteiger partial charge in [-0.1, -0.05) is 30.9 Å². The van der Waals surface area contributed by atoms with Crippen LogP contribution in [0.25, 0.3) is 0 Å². The Hall–Kier alpha value is -1.70. The number of aromatic nitrogens is 4. The average molecular weight is 359 g/mol. The van der Waals surface area contributed by atoms with E-state index in [0.29, 0.717) is 12.0 Å². The number of nitrogens with zero attached hydrogens (tertiary/aromatic N) is 6. The fourth-order valence-electron chi connectivity index (χ4n) is 4.28. The van der Waals surface area contributed by atoms with Crippen LogP contribution < -0.4 is 0 Å². The Balaban J connectivity index is 1.06. The average Bonchev–Trinajstić information content (AvgIpc) is 3.45. The Kier molecular flexibility index (Phi) is 5.11. The molecule has 1 aromatic rings. The van der Waals surface area contributed by atoms with E-state index in [2.05, 4.69) is 36.1 Å². The van der Waals surface area contributed by atoms with Gasteiger partial charge in [-0.3, -0.25) is 0 Å². The summed E-state index contributed by atoms with van der Waals surface area (Å²) in [5, 5.41) is 36.7. The summed E-state index contributed by atoms with van der Waals surface area (Å²) in [4.78, 5) is 0. The van der Waals surface area contributed by atoms with Gasteiger partial charge < -0.3 is 5.11 Å². The van der Waals surface area contributed by atoms with E-state index >= 15 is 0 Å². The molecular weight excluding hydrogens is 330 g/mol. The van der Waals surface area contributed by atoms with E-state index in [9.17, 15) is 5.11 Å². The van der Waals surface area contributed by atoms with E-state index in [4.69, 9.17) is 0 Å². The number of aliphatic hydroxyl groups is 1. The van der Waals surface area contributed by atoms with Crippen LogP contribution in [0.1, 0.15) is 82.9 Å². The molecule has 0 bridgehead atoms. The smallest absolute Gasteiger partial charge is 0.180 e. The fraction of sp³-hybridized carbons (Fsp3) is 0.889. The number of unbranched alkanes of at least 4 members (excludes halogenated alkanes) is 2. The fourth-order valence-corrected chi connectivity index (χ4v) is 4.28. The number of hydrogen-bond donors (Lipinski definition) is 2. The molecule has 2 aliphatic carbocycles. The van der Waals surface area contributed by atoms with Crippen molar-refractivity contribution < 1.29 is 5.11 Å². The molecule has 0 radical (unpaired) electrons. The lowest BCUT2D eigenvalue weighted by Crippen LogP contribution is -2.17. The van der Waals surface area contributed by atoms with Crippen LogP contribution in [0, 0.1) is 5.41 Å². The van der Waals surface area contributed by atoms with E-state index in [1.54, 1.807) is 0 Å². The maximum atomic E-state index is 10.2. The summed E-state index contributed by atoms with van der Waals surface area (Å²) in [7, 11) is 0. The monoisotopic (exact) mass is 359 g/mol. The van der Waals surface area contributed by atoms with Crippen molar-refractivity contribution in [3.05, 3.63) is 5.82 Å². The van der Waals surface area contributed by atoms with Crippen molar-refractivity contribution in [1.82, 2.24) is 20.6 Å². The van der Waals surface area contributed by atoms with Gasteiger partial charge in [-0.2, -0.15) is 10.3 Å². The number of hydrogen-bond acceptors (Lipinski definition) is 7. The quantitative estimate of drug-likeness (QED) is 0.557. The molecule has 1 unspecified atom stereocenters. The normalized spacial score (nSPS) is 23.0. The molecule has 8 nitrogen and oxygen atoms in total. The molecule has 8 heteroatoms. The highest BCUT2D eigenvalue weighted by Crippen LogP contribution is 2.52. The molecule has 0 saturated heterocycles. The molecular formula is C18H29N7O. The summed E-state index contributed by atoms with van der Waals surface area (Å²) < 4.78 is 0. The second-order valence-electron chi connectivity index (χ2n) is 8.38. The number of aliphatic hydroxyl groups excluding tert-OH is 1. The topological polar surface area (TPSA) is 112 Å². The van der Waals surface area contributed by atoms with Crippen molar-refractivity contribution in [2.75, 3.05) is 6.54 Å². The van der Waals surface area contributed by atoms with E-state index in [-0.39, 0.29) is 11.5 Å². The third kappa shape index (κ3) is 4.00. The summed E-state index contributed by atoms with van der Waals surface area (Å²) in [6.45, 7) is 0.702. The van der Waals surface area contributed by atoms with Crippen LogP contribution >= 0.6 is 0 Å². The molecule has 0 amide bonds. The van der Waals surface area contributed by atoms with Crippen molar-refractivity contribution in [3.8, 4) is 0 Å². The zero-order chi connectivity index (χ0) is 17.9. The van der Waals surface area contributed by atoms with Crippen molar-refractivity contribution in [1.29, 1.82) is 0 Å². The van der Waals surface area contributed by atoms with Gasteiger partial charge in [-0.15, -0.1) is 15.3 Å². The Morgan fingerprint density at radius 2 is 1.65 bits per heavy atom. The maximum absolute atomic E-state index is 10.2. The predicted octanol–water partition coefficient (Wildman–Crippen LogP) is 3.32. The maximum Gasteiger partial charge on any atom is 0.180 e. The number of nitrogens with one attached hydrogen (secondary N) is 1. The molecule has 2 saturated carbocycles. The van der Waals surface area contributed by atoms with Crippen LogP contribution in [0.2, 0.25) is 0 Å². The van der Waals surface area contributed by atoms with Gasteiger partial charge in [0.25, 0.3) is 0 Å². The Morgan fingerprint density at radius 1 is 0.962 bits per heavy atom. The minimum Gasteiger partial charge on any atom is -0.393 e. The highest BCUT2D eigenvalue weighted by molar-refractivity contribution is 5.94. The summed E-state index contributed by atoms with van der Waals surface area (Å²) in [6.07, 6.45) is 13.2. The van der Waals surface area contributed by atoms with Crippen LogP contribution in [0.5, 0.6) is 0 Å². The molecule has 1 aromatic heterocycles. The standard InChI is InChI=1S/C18H29N7O/c26-14(5-1-3-7-17(9-10-17)15-13-19-23-20-15)6-2-4-8-18(11-12-18)16-21-24-25-22-16/h14,26H,1-13H2,(H,21,22,24,25). The molecule has 26 heavy (non-hydrogen) atoms. The third-order valence-corrected chi connectivity index (χ3v) is 6.47. The molecule has 0 spiro atoms. The van der Waals surface area contributed by atoms with E-state index in [1.165, 1.54) is 37.8 Å². The van der Waals surface area contributed by atoms with E-state index < -0.39 is 0 Å². The van der Waals surface area contributed by atoms with Crippen LogP contribution in [0.4, 0.5) is 0 Å². The first kappa shape index (κ1) is 17.7. The van der Waals surface area contributed by atoms with E-state index in [1.807, 2.05) is 0 Å². The van der Waals surface area contributed by atoms with Crippen molar-refractivity contribution in [3.63, 3.8) is 0 Å². The van der Waals surface area contributed by atoms with Gasteiger partial charge in [-0.25, -0.2) is 0 Å². The lowest BCUT2D eigenvalue weighted by Gasteiger charge is -2.15. The van der Waals surface area contributed by atoms with Crippen LogP contribution in [0.3, 0.4) is 0 Å². The molecule has 3 aliphatic rings. The zero-order valence-corrected chi connectivity index (χ0v) is 15.4. The van der Waals surface area contributed by atoms with Gasteiger partial charge in [0, 0.05) is 10.8 Å². The van der Waals surface area contributed by atoms with Crippen LogP contribution in [-0.2, 0) is 5.41 Å².